The molecule has 1 atom stereocenters. The van der Waals surface area contributed by atoms with Crippen LogP contribution in [0.25, 0.3) is 0 Å². The second kappa shape index (κ2) is 8.75. The van der Waals surface area contributed by atoms with Gasteiger partial charge in [0.1, 0.15) is 17.0 Å². The molecule has 1 saturated heterocycles. The molecule has 11 nitrogen and oxygen atoms in total. The van der Waals surface area contributed by atoms with Crippen molar-refractivity contribution in [3.05, 3.63) is 56.5 Å². The maximum absolute atomic E-state index is 12.9. The largest absolute Gasteiger partial charge is 0.462 e. The first kappa shape index (κ1) is 22.9. The number of nitrogens with zero attached hydrogens (tertiary/aromatic N) is 2. The molecule has 2 heterocycles. The number of ether oxygens (including phenoxy) is 1. The molecule has 3 rings (SSSR count). The summed E-state index contributed by atoms with van der Waals surface area (Å²) in [7, 11) is 0. The van der Waals surface area contributed by atoms with Crippen LogP contribution in [0.4, 0.5) is 15.5 Å². The number of urea groups is 1. The van der Waals surface area contributed by atoms with E-state index >= 15 is 0 Å². The predicted octanol–water partition coefficient (Wildman–Crippen LogP) is 2.55. The lowest BCUT2D eigenvalue weighted by molar-refractivity contribution is -0.384. The summed E-state index contributed by atoms with van der Waals surface area (Å²) >= 11 is 1.03. The fourth-order valence-electron chi connectivity index (χ4n) is 3.22. The average molecular weight is 460 g/mol. The number of hydrogen-bond donors (Lipinski definition) is 2. The van der Waals surface area contributed by atoms with Crippen molar-refractivity contribution in [3.63, 3.8) is 0 Å². The zero-order valence-corrected chi connectivity index (χ0v) is 18.3. The van der Waals surface area contributed by atoms with E-state index in [-0.39, 0.29) is 12.3 Å². The highest BCUT2D eigenvalue weighted by molar-refractivity contribution is 7.18. The highest BCUT2D eigenvalue weighted by Gasteiger charge is 2.49. The molecule has 2 N–H and O–H groups in total. The zero-order valence-electron chi connectivity index (χ0n) is 17.5. The minimum absolute atomic E-state index is 0.154. The second-order valence-corrected chi connectivity index (χ2v) is 8.19. The Balaban J connectivity index is 1.71. The molecule has 2 aromatic rings. The number of benzene rings is 1. The van der Waals surface area contributed by atoms with Crippen molar-refractivity contribution in [1.29, 1.82) is 0 Å². The van der Waals surface area contributed by atoms with Crippen molar-refractivity contribution >= 4 is 45.8 Å². The molecule has 1 fully saturated rings. The van der Waals surface area contributed by atoms with E-state index in [2.05, 4.69) is 10.6 Å². The SMILES string of the molecule is CCOC(=O)c1sc(NC(=O)CN2C(=O)NC(C)(c3ccc([N+](=O)[O-])cc3)C2=O)cc1C. The Morgan fingerprint density at radius 1 is 1.28 bits per heavy atom. The first-order valence-electron chi connectivity index (χ1n) is 9.53. The lowest BCUT2D eigenvalue weighted by atomic mass is 9.92. The summed E-state index contributed by atoms with van der Waals surface area (Å²) in [6.07, 6.45) is 0. The molecule has 0 spiro atoms. The van der Waals surface area contributed by atoms with Gasteiger partial charge in [0.05, 0.1) is 16.5 Å². The summed E-state index contributed by atoms with van der Waals surface area (Å²) in [4.78, 5) is 61.1. The molecular weight excluding hydrogens is 440 g/mol. The Hall–Kier alpha value is -3.80. The summed E-state index contributed by atoms with van der Waals surface area (Å²) in [5.41, 5.74) is -0.649. The number of aryl methyl sites for hydroxylation is 1. The number of amides is 4. The lowest BCUT2D eigenvalue weighted by Crippen LogP contribution is -2.42. The first-order valence-corrected chi connectivity index (χ1v) is 10.3. The number of non-ortho nitro benzene ring substituents is 1. The summed E-state index contributed by atoms with van der Waals surface area (Å²) < 4.78 is 4.96. The predicted molar refractivity (Wildman–Crippen MR) is 114 cm³/mol. The highest BCUT2D eigenvalue weighted by Crippen LogP contribution is 2.31. The summed E-state index contributed by atoms with van der Waals surface area (Å²) in [5.74, 6) is -1.79. The van der Waals surface area contributed by atoms with Crippen molar-refractivity contribution in [2.75, 3.05) is 18.5 Å². The molecule has 4 amide bonds. The number of imide groups is 1. The summed E-state index contributed by atoms with van der Waals surface area (Å²) in [6, 6.07) is 6.06. The molecule has 0 aliphatic carbocycles. The molecule has 1 aliphatic rings. The van der Waals surface area contributed by atoms with Gasteiger partial charge in [-0.15, -0.1) is 11.3 Å². The topological polar surface area (TPSA) is 148 Å². The fourth-order valence-corrected chi connectivity index (χ4v) is 4.20. The van der Waals surface area contributed by atoms with Crippen LogP contribution in [0.15, 0.2) is 30.3 Å². The third-order valence-corrected chi connectivity index (χ3v) is 6.01. The number of nitro benzene ring substituents is 1. The summed E-state index contributed by atoms with van der Waals surface area (Å²) in [6.45, 7) is 4.52. The van der Waals surface area contributed by atoms with Gasteiger partial charge in [-0.1, -0.05) is 0 Å². The number of rotatable bonds is 7. The van der Waals surface area contributed by atoms with E-state index in [0.717, 1.165) is 16.2 Å². The van der Waals surface area contributed by atoms with Gasteiger partial charge in [-0.2, -0.15) is 0 Å². The van der Waals surface area contributed by atoms with Gasteiger partial charge in [0.25, 0.3) is 11.6 Å². The van der Waals surface area contributed by atoms with E-state index in [9.17, 15) is 29.3 Å². The molecule has 0 radical (unpaired) electrons. The molecule has 1 aliphatic heterocycles. The van der Waals surface area contributed by atoms with Crippen LogP contribution in [0, 0.1) is 17.0 Å². The van der Waals surface area contributed by atoms with Crippen LogP contribution in [0.3, 0.4) is 0 Å². The van der Waals surface area contributed by atoms with Crippen molar-refractivity contribution in [2.24, 2.45) is 0 Å². The van der Waals surface area contributed by atoms with Crippen molar-refractivity contribution < 1.29 is 28.8 Å². The third-order valence-electron chi connectivity index (χ3n) is 4.87. The fraction of sp³-hybridized carbons (Fsp3) is 0.300. The molecule has 32 heavy (non-hydrogen) atoms. The van der Waals surface area contributed by atoms with Gasteiger partial charge in [-0.05, 0) is 50.1 Å². The second-order valence-electron chi connectivity index (χ2n) is 7.14. The number of esters is 1. The van der Waals surface area contributed by atoms with Gasteiger partial charge in [0.2, 0.25) is 5.91 Å². The number of thiophene rings is 1. The van der Waals surface area contributed by atoms with Gasteiger partial charge in [-0.25, -0.2) is 9.59 Å². The van der Waals surface area contributed by atoms with Gasteiger partial charge >= 0.3 is 12.0 Å². The molecule has 168 valence electrons. The third kappa shape index (κ3) is 4.30. The minimum Gasteiger partial charge on any atom is -0.462 e. The molecule has 1 unspecified atom stereocenters. The van der Waals surface area contributed by atoms with Crippen LogP contribution in [0.1, 0.15) is 34.6 Å². The summed E-state index contributed by atoms with van der Waals surface area (Å²) in [5, 5.41) is 16.3. The molecular formula is C20H20N4O7S. The van der Waals surface area contributed by atoms with E-state index in [1.807, 2.05) is 0 Å². The van der Waals surface area contributed by atoms with Gasteiger partial charge in [0, 0.05) is 12.1 Å². The molecule has 12 heteroatoms. The molecule has 1 aromatic carbocycles. The zero-order chi connectivity index (χ0) is 23.6. The Morgan fingerprint density at radius 3 is 2.53 bits per heavy atom. The van der Waals surface area contributed by atoms with Crippen molar-refractivity contribution in [3.8, 4) is 0 Å². The van der Waals surface area contributed by atoms with Gasteiger partial charge in [-0.3, -0.25) is 24.6 Å². The lowest BCUT2D eigenvalue weighted by Gasteiger charge is -2.22. The van der Waals surface area contributed by atoms with Crippen LogP contribution in [0.5, 0.6) is 0 Å². The first-order chi connectivity index (χ1) is 15.1. The van der Waals surface area contributed by atoms with Gasteiger partial charge in [0.15, 0.2) is 0 Å². The van der Waals surface area contributed by atoms with Crippen LogP contribution >= 0.6 is 11.3 Å². The average Bonchev–Trinajstić information content (AvgIpc) is 3.20. The maximum Gasteiger partial charge on any atom is 0.348 e. The van der Waals surface area contributed by atoms with Gasteiger partial charge < -0.3 is 15.4 Å². The Bertz CT molecular complexity index is 1110. The number of anilines is 1. The number of nitrogens with one attached hydrogen (secondary N) is 2. The van der Waals surface area contributed by atoms with Crippen LogP contribution in [0.2, 0.25) is 0 Å². The maximum atomic E-state index is 12.9. The van der Waals surface area contributed by atoms with Crippen LogP contribution < -0.4 is 10.6 Å². The Morgan fingerprint density at radius 2 is 1.94 bits per heavy atom. The monoisotopic (exact) mass is 460 g/mol. The number of carbonyl (C=O) groups excluding carboxylic acids is 4. The Kier molecular flexibility index (Phi) is 6.25. The number of hydrogen-bond acceptors (Lipinski definition) is 8. The number of carbonyl (C=O) groups is 4. The Labute approximate surface area is 186 Å². The highest BCUT2D eigenvalue weighted by atomic mass is 32.1. The standard InChI is InChI=1S/C20H20N4O7S/c1-4-31-17(26)16-11(2)9-15(32-16)21-14(25)10-23-18(27)20(3,22-19(23)28)12-5-7-13(8-6-12)24(29)30/h5-9H,4,10H2,1-3H3,(H,21,25)(H,22,28). The van der Waals surface area contributed by atoms with Crippen molar-refractivity contribution in [2.45, 2.75) is 26.3 Å². The van der Waals surface area contributed by atoms with E-state index < -0.39 is 40.8 Å². The van der Waals surface area contributed by atoms with Crippen molar-refractivity contribution in [1.82, 2.24) is 10.2 Å². The van der Waals surface area contributed by atoms with E-state index in [1.54, 1.807) is 19.9 Å². The molecule has 0 bridgehead atoms. The van der Waals surface area contributed by atoms with E-state index in [0.29, 0.717) is 21.0 Å². The van der Waals surface area contributed by atoms with Crippen LogP contribution in [-0.4, -0.2) is 46.8 Å². The normalized spacial score (nSPS) is 17.8. The smallest absolute Gasteiger partial charge is 0.348 e. The van der Waals surface area contributed by atoms with Crippen LogP contribution in [-0.2, 0) is 19.9 Å². The van der Waals surface area contributed by atoms with E-state index in [4.69, 9.17) is 4.74 Å². The quantitative estimate of drug-likeness (QED) is 0.279. The number of nitro groups is 1. The molecule has 0 saturated carbocycles. The van der Waals surface area contributed by atoms with E-state index in [1.165, 1.54) is 31.2 Å². The molecule has 1 aromatic heterocycles. The minimum atomic E-state index is -1.47.